The summed E-state index contributed by atoms with van der Waals surface area (Å²) in [7, 11) is -3.28. The molecule has 0 spiro atoms. The Morgan fingerprint density at radius 3 is 2.53 bits per heavy atom. The maximum Gasteiger partial charge on any atom is 0.222 e. The van der Waals surface area contributed by atoms with Crippen LogP contribution in [0.15, 0.2) is 4.52 Å². The lowest BCUT2D eigenvalue weighted by molar-refractivity contribution is 0.391. The lowest BCUT2D eigenvalue weighted by atomic mass is 10.1. The summed E-state index contributed by atoms with van der Waals surface area (Å²) in [4.78, 5) is 0. The third-order valence-corrected chi connectivity index (χ3v) is 4.83. The molecular formula is C8H13BrN2O3S. The van der Waals surface area contributed by atoms with E-state index < -0.39 is 10.0 Å². The summed E-state index contributed by atoms with van der Waals surface area (Å²) in [6, 6.07) is -0.334. The molecule has 0 saturated heterocycles. The van der Waals surface area contributed by atoms with Gasteiger partial charge < -0.3 is 4.52 Å². The number of halogens is 1. The van der Waals surface area contributed by atoms with E-state index >= 15 is 0 Å². The van der Waals surface area contributed by atoms with Crippen LogP contribution in [0.5, 0.6) is 0 Å². The fourth-order valence-corrected chi connectivity index (χ4v) is 2.58. The number of nitrogens with one attached hydrogen (secondary N) is 1. The Balaban J connectivity index is 2.91. The second-order valence-corrected chi connectivity index (χ2v) is 6.36. The van der Waals surface area contributed by atoms with Gasteiger partial charge in [0.15, 0.2) is 0 Å². The molecule has 0 bridgehead atoms. The number of rotatable bonds is 4. The van der Waals surface area contributed by atoms with Crippen LogP contribution in [-0.4, -0.2) is 18.2 Å². The number of aromatic nitrogens is 1. The van der Waals surface area contributed by atoms with Gasteiger partial charge in [0.1, 0.15) is 10.4 Å². The van der Waals surface area contributed by atoms with Crippen molar-refractivity contribution in [2.45, 2.75) is 26.8 Å². The fraction of sp³-hybridized carbons (Fsp3) is 0.625. The standard InChI is InChI=1S/C8H13BrN2O3S/c1-5-8(7(3)14-10-5)6(2)11-15(12,13)4-9/h6,11H,4H2,1-3H3. The molecule has 1 rings (SSSR count). The number of alkyl halides is 1. The number of aryl methyl sites for hydroxylation is 2. The summed E-state index contributed by atoms with van der Waals surface area (Å²) in [5, 5.41) is 3.77. The van der Waals surface area contributed by atoms with Gasteiger partial charge in [0.2, 0.25) is 10.0 Å². The third-order valence-electron chi connectivity index (χ3n) is 2.02. The third kappa shape index (κ3) is 3.02. The molecule has 1 aromatic heterocycles. The molecule has 86 valence electrons. The van der Waals surface area contributed by atoms with Gasteiger partial charge >= 0.3 is 0 Å². The van der Waals surface area contributed by atoms with Crippen molar-refractivity contribution >= 4 is 26.0 Å². The molecule has 1 atom stereocenters. The summed E-state index contributed by atoms with van der Waals surface area (Å²) in [6.45, 7) is 5.30. The van der Waals surface area contributed by atoms with Gasteiger partial charge in [0.05, 0.1) is 5.69 Å². The highest BCUT2D eigenvalue weighted by Crippen LogP contribution is 2.21. The summed E-state index contributed by atoms with van der Waals surface area (Å²) in [6.07, 6.45) is 0. The predicted octanol–water partition coefficient (Wildman–Crippen LogP) is 1.62. The summed E-state index contributed by atoms with van der Waals surface area (Å²) in [5.74, 6) is 0.636. The molecule has 0 aliphatic carbocycles. The van der Waals surface area contributed by atoms with E-state index in [2.05, 4.69) is 25.8 Å². The number of hydrogen-bond acceptors (Lipinski definition) is 4. The Morgan fingerprint density at radius 1 is 1.53 bits per heavy atom. The van der Waals surface area contributed by atoms with Gasteiger partial charge in [-0.3, -0.25) is 0 Å². The van der Waals surface area contributed by atoms with Gasteiger partial charge in [0, 0.05) is 11.6 Å². The van der Waals surface area contributed by atoms with E-state index in [1.165, 1.54) is 0 Å². The van der Waals surface area contributed by atoms with E-state index in [1.807, 2.05) is 0 Å². The monoisotopic (exact) mass is 296 g/mol. The Bertz CT molecular complexity index is 421. The normalized spacial score (nSPS) is 14.1. The molecule has 0 aliphatic heterocycles. The highest BCUT2D eigenvalue weighted by atomic mass is 79.9. The first-order valence-electron chi connectivity index (χ1n) is 4.36. The van der Waals surface area contributed by atoms with Gasteiger partial charge in [-0.15, -0.1) is 0 Å². The van der Waals surface area contributed by atoms with E-state index in [9.17, 15) is 8.42 Å². The lowest BCUT2D eigenvalue weighted by Crippen LogP contribution is -2.27. The first kappa shape index (κ1) is 12.7. The van der Waals surface area contributed by atoms with Crippen molar-refractivity contribution < 1.29 is 12.9 Å². The smallest absolute Gasteiger partial charge is 0.222 e. The second kappa shape index (κ2) is 4.63. The van der Waals surface area contributed by atoms with Crippen molar-refractivity contribution in [2.24, 2.45) is 0 Å². The molecule has 0 saturated carbocycles. The molecule has 1 heterocycles. The summed E-state index contributed by atoms with van der Waals surface area (Å²) >= 11 is 2.91. The van der Waals surface area contributed by atoms with E-state index in [0.717, 1.165) is 5.56 Å². The van der Waals surface area contributed by atoms with Crippen LogP contribution in [0.3, 0.4) is 0 Å². The molecule has 0 amide bonds. The molecule has 1 aromatic rings. The molecule has 15 heavy (non-hydrogen) atoms. The van der Waals surface area contributed by atoms with Crippen molar-refractivity contribution in [3.8, 4) is 0 Å². The Kier molecular flexibility index (Phi) is 3.91. The van der Waals surface area contributed by atoms with Crippen molar-refractivity contribution in [3.63, 3.8) is 0 Å². The fourth-order valence-electron chi connectivity index (χ4n) is 1.47. The number of hydrogen-bond donors (Lipinski definition) is 1. The Labute approximate surface area is 97.4 Å². The first-order valence-corrected chi connectivity index (χ1v) is 7.13. The summed E-state index contributed by atoms with van der Waals surface area (Å²) in [5.41, 5.74) is 1.50. The van der Waals surface area contributed by atoms with Crippen molar-refractivity contribution in [3.05, 3.63) is 17.0 Å². The van der Waals surface area contributed by atoms with Crippen molar-refractivity contribution in [1.29, 1.82) is 0 Å². The minimum Gasteiger partial charge on any atom is -0.361 e. The molecule has 0 fully saturated rings. The SMILES string of the molecule is Cc1noc(C)c1C(C)NS(=O)(=O)CBr. The van der Waals surface area contributed by atoms with Crippen molar-refractivity contribution in [2.75, 3.05) is 4.66 Å². The Hall–Kier alpha value is -0.400. The zero-order valence-corrected chi connectivity index (χ0v) is 11.1. The van der Waals surface area contributed by atoms with Crippen LogP contribution in [0, 0.1) is 13.8 Å². The van der Waals surface area contributed by atoms with E-state index in [4.69, 9.17) is 4.52 Å². The predicted molar refractivity (Wildman–Crippen MR) is 60.2 cm³/mol. The van der Waals surface area contributed by atoms with Crippen LogP contribution >= 0.6 is 15.9 Å². The van der Waals surface area contributed by atoms with E-state index in [0.29, 0.717) is 11.5 Å². The van der Waals surface area contributed by atoms with Crippen molar-refractivity contribution in [1.82, 2.24) is 9.88 Å². The Morgan fingerprint density at radius 2 is 2.13 bits per heavy atom. The maximum absolute atomic E-state index is 11.3. The van der Waals surface area contributed by atoms with Crippen LogP contribution in [0.25, 0.3) is 0 Å². The second-order valence-electron chi connectivity index (χ2n) is 3.30. The van der Waals surface area contributed by atoms with Crippen LogP contribution in [0.1, 0.15) is 30.0 Å². The quantitative estimate of drug-likeness (QED) is 0.857. The van der Waals surface area contributed by atoms with Gasteiger partial charge in [-0.1, -0.05) is 21.1 Å². The molecule has 7 heteroatoms. The number of nitrogens with zero attached hydrogens (tertiary/aromatic N) is 1. The average Bonchev–Trinajstić information content (AvgIpc) is 2.45. The first-order chi connectivity index (χ1) is 6.87. The largest absolute Gasteiger partial charge is 0.361 e. The van der Waals surface area contributed by atoms with E-state index in [-0.39, 0.29) is 10.7 Å². The van der Waals surface area contributed by atoms with Crippen LogP contribution in [-0.2, 0) is 10.0 Å². The molecule has 5 nitrogen and oxygen atoms in total. The van der Waals surface area contributed by atoms with Crippen LogP contribution < -0.4 is 4.72 Å². The minimum absolute atomic E-state index is 0.117. The molecule has 1 N–H and O–H groups in total. The van der Waals surface area contributed by atoms with Gasteiger partial charge in [-0.05, 0) is 20.8 Å². The molecule has 0 aromatic carbocycles. The van der Waals surface area contributed by atoms with Gasteiger partial charge in [0.25, 0.3) is 0 Å². The van der Waals surface area contributed by atoms with Crippen LogP contribution in [0.4, 0.5) is 0 Å². The topological polar surface area (TPSA) is 72.2 Å². The molecule has 0 aliphatic rings. The van der Waals surface area contributed by atoms with Gasteiger partial charge in [-0.2, -0.15) is 0 Å². The lowest BCUT2D eigenvalue weighted by Gasteiger charge is -2.12. The zero-order valence-electron chi connectivity index (χ0n) is 8.74. The maximum atomic E-state index is 11.3. The molecule has 1 unspecified atom stereocenters. The molecular weight excluding hydrogens is 284 g/mol. The van der Waals surface area contributed by atoms with Gasteiger partial charge in [-0.25, -0.2) is 13.1 Å². The highest BCUT2D eigenvalue weighted by Gasteiger charge is 2.20. The molecule has 0 radical (unpaired) electrons. The van der Waals surface area contributed by atoms with E-state index in [1.54, 1.807) is 20.8 Å². The van der Waals surface area contributed by atoms with Crippen LogP contribution in [0.2, 0.25) is 0 Å². The minimum atomic E-state index is -3.28. The number of sulfonamides is 1. The zero-order chi connectivity index (χ0) is 11.6. The highest BCUT2D eigenvalue weighted by molar-refractivity contribution is 9.10. The summed E-state index contributed by atoms with van der Waals surface area (Å²) < 4.78 is 30.0. The average molecular weight is 297 g/mol.